The van der Waals surface area contributed by atoms with Gasteiger partial charge in [-0.15, -0.1) is 0 Å². The third-order valence-electron chi connectivity index (χ3n) is 2.75. The molecule has 7 heteroatoms. The molecule has 0 aromatic rings. The van der Waals surface area contributed by atoms with Gasteiger partial charge in [0, 0.05) is 12.8 Å². The van der Waals surface area contributed by atoms with Gasteiger partial charge in [0.25, 0.3) is 0 Å². The van der Waals surface area contributed by atoms with E-state index in [1.807, 2.05) is 0 Å². The maximum Gasteiger partial charge on any atom is 0.317 e. The molecule has 1 rings (SSSR count). The minimum Gasteiger partial charge on any atom is -0.480 e. The fraction of sp³-hybridized carbons (Fsp3) is 0.786. The fourth-order valence-electron chi connectivity index (χ4n) is 1.61. The average Bonchev–Trinajstić information content (AvgIpc) is 2.46. The summed E-state index contributed by atoms with van der Waals surface area (Å²) in [5.74, 6) is -1.26. The third kappa shape index (κ3) is 14.6. The second-order valence-corrected chi connectivity index (χ2v) is 4.66. The predicted molar refractivity (Wildman–Crippen MR) is 75.5 cm³/mol. The molecule has 0 aromatic heterocycles. The Hall–Kier alpha value is -1.63. The Morgan fingerprint density at radius 3 is 1.62 bits per heavy atom. The van der Waals surface area contributed by atoms with Crippen molar-refractivity contribution in [1.29, 1.82) is 0 Å². The summed E-state index contributed by atoms with van der Waals surface area (Å²) in [6, 6.07) is 0. The number of carbonyl (C=O) groups excluding carboxylic acids is 2. The number of ether oxygens (including phenoxy) is 2. The number of aliphatic carboxylic acids is 1. The largest absolute Gasteiger partial charge is 0.480 e. The van der Waals surface area contributed by atoms with Crippen LogP contribution in [0.5, 0.6) is 0 Å². The molecule has 0 unspecified atom stereocenters. The van der Waals surface area contributed by atoms with Gasteiger partial charge in [-0.3, -0.25) is 14.4 Å². The molecule has 21 heavy (non-hydrogen) atoms. The van der Waals surface area contributed by atoms with Crippen LogP contribution in [0, 0.1) is 0 Å². The zero-order chi connectivity index (χ0) is 15.9. The van der Waals surface area contributed by atoms with E-state index in [1.54, 1.807) is 0 Å². The third-order valence-corrected chi connectivity index (χ3v) is 2.75. The van der Waals surface area contributed by atoms with E-state index in [4.69, 9.17) is 14.6 Å². The van der Waals surface area contributed by atoms with Crippen molar-refractivity contribution in [3.63, 3.8) is 0 Å². The van der Waals surface area contributed by atoms with Crippen LogP contribution in [0.4, 0.5) is 0 Å². The van der Waals surface area contributed by atoms with Gasteiger partial charge in [-0.1, -0.05) is 0 Å². The summed E-state index contributed by atoms with van der Waals surface area (Å²) in [4.78, 5) is 31.6. The molecule has 0 amide bonds. The second-order valence-electron chi connectivity index (χ2n) is 4.66. The zero-order valence-electron chi connectivity index (χ0n) is 12.3. The summed E-state index contributed by atoms with van der Waals surface area (Å²) < 4.78 is 10.1. The van der Waals surface area contributed by atoms with Crippen molar-refractivity contribution in [1.82, 2.24) is 0 Å². The Bertz CT molecular complexity index is 295. The van der Waals surface area contributed by atoms with E-state index in [1.165, 1.54) is 0 Å². The molecule has 1 saturated heterocycles. The van der Waals surface area contributed by atoms with Crippen molar-refractivity contribution in [3.8, 4) is 0 Å². The van der Waals surface area contributed by atoms with E-state index in [-0.39, 0.29) is 18.5 Å². The lowest BCUT2D eigenvalue weighted by Gasteiger charge is -2.07. The lowest BCUT2D eigenvalue weighted by molar-refractivity contribution is -0.146. The highest BCUT2D eigenvalue weighted by Crippen LogP contribution is 2.07. The van der Waals surface area contributed by atoms with Crippen molar-refractivity contribution in [2.75, 3.05) is 19.8 Å². The smallest absolute Gasteiger partial charge is 0.317 e. The SMILES string of the molecule is NCC(=O)O.O=C1CCCCC(=O)OCCCCCCO1. The summed E-state index contributed by atoms with van der Waals surface area (Å²) >= 11 is 0. The molecule has 1 aliphatic rings. The van der Waals surface area contributed by atoms with Crippen molar-refractivity contribution in [3.05, 3.63) is 0 Å². The van der Waals surface area contributed by atoms with Crippen LogP contribution in [0.1, 0.15) is 51.4 Å². The Kier molecular flexibility index (Phi) is 12.3. The number of carbonyl (C=O) groups is 3. The molecule has 0 radical (unpaired) electrons. The van der Waals surface area contributed by atoms with Gasteiger partial charge in [0.05, 0.1) is 19.8 Å². The normalized spacial score (nSPS) is 18.3. The van der Waals surface area contributed by atoms with E-state index < -0.39 is 5.97 Å². The highest BCUT2D eigenvalue weighted by molar-refractivity contribution is 5.70. The van der Waals surface area contributed by atoms with Crippen LogP contribution in [0.3, 0.4) is 0 Å². The first kappa shape index (κ1) is 19.4. The molecule has 0 aliphatic carbocycles. The topological polar surface area (TPSA) is 116 Å². The van der Waals surface area contributed by atoms with Gasteiger partial charge >= 0.3 is 17.9 Å². The first-order valence-electron chi connectivity index (χ1n) is 7.29. The van der Waals surface area contributed by atoms with Crippen molar-refractivity contribution >= 4 is 17.9 Å². The molecule has 0 atom stereocenters. The molecule has 0 aromatic carbocycles. The lowest BCUT2D eigenvalue weighted by Crippen LogP contribution is -2.10. The predicted octanol–water partition coefficient (Wildman–Crippen LogP) is 1.24. The van der Waals surface area contributed by atoms with Crippen LogP contribution in [0.2, 0.25) is 0 Å². The number of esters is 2. The summed E-state index contributed by atoms with van der Waals surface area (Å²) in [5.41, 5.74) is 4.57. The van der Waals surface area contributed by atoms with Crippen LogP contribution < -0.4 is 5.73 Å². The minimum absolute atomic E-state index is 0.148. The molecule has 1 aliphatic heterocycles. The van der Waals surface area contributed by atoms with E-state index >= 15 is 0 Å². The monoisotopic (exact) mass is 303 g/mol. The van der Waals surface area contributed by atoms with Crippen LogP contribution in [0.25, 0.3) is 0 Å². The summed E-state index contributed by atoms with van der Waals surface area (Å²) in [7, 11) is 0. The number of hydrogen-bond donors (Lipinski definition) is 2. The van der Waals surface area contributed by atoms with Crippen molar-refractivity contribution < 1.29 is 29.0 Å². The van der Waals surface area contributed by atoms with Gasteiger partial charge in [0.1, 0.15) is 0 Å². The number of nitrogens with two attached hydrogens (primary N) is 1. The molecule has 1 fully saturated rings. The van der Waals surface area contributed by atoms with E-state index in [0.29, 0.717) is 38.9 Å². The first-order valence-corrected chi connectivity index (χ1v) is 7.29. The van der Waals surface area contributed by atoms with Crippen LogP contribution >= 0.6 is 0 Å². The first-order chi connectivity index (χ1) is 10.1. The molecule has 7 nitrogen and oxygen atoms in total. The molecular weight excluding hydrogens is 278 g/mol. The summed E-state index contributed by atoms with van der Waals surface area (Å²) in [5, 5.41) is 7.60. The van der Waals surface area contributed by atoms with Gasteiger partial charge in [0.2, 0.25) is 0 Å². The molecule has 0 saturated carbocycles. The van der Waals surface area contributed by atoms with E-state index in [2.05, 4.69) is 5.73 Å². The van der Waals surface area contributed by atoms with Gasteiger partial charge in [-0.2, -0.15) is 0 Å². The maximum absolute atomic E-state index is 11.2. The van der Waals surface area contributed by atoms with Crippen LogP contribution in [0.15, 0.2) is 0 Å². The molecular formula is C14H25NO6. The van der Waals surface area contributed by atoms with E-state index in [9.17, 15) is 14.4 Å². The second kappa shape index (κ2) is 13.4. The lowest BCUT2D eigenvalue weighted by atomic mass is 10.2. The van der Waals surface area contributed by atoms with Gasteiger partial charge < -0.3 is 20.3 Å². The van der Waals surface area contributed by atoms with Gasteiger partial charge in [-0.25, -0.2) is 0 Å². The molecule has 0 spiro atoms. The average molecular weight is 303 g/mol. The number of carboxylic acid groups (broad SMARTS) is 1. The molecule has 1 heterocycles. The molecule has 0 bridgehead atoms. The van der Waals surface area contributed by atoms with Crippen molar-refractivity contribution in [2.45, 2.75) is 51.4 Å². The maximum atomic E-state index is 11.2. The van der Waals surface area contributed by atoms with Crippen molar-refractivity contribution in [2.24, 2.45) is 5.73 Å². The number of cyclic esters (lactones) is 2. The Balaban J connectivity index is 0.000000690. The number of hydrogen-bond acceptors (Lipinski definition) is 6. The standard InChI is InChI=1S/C12H20O4.C2H5NO2/c13-11-7-3-4-8-12(14)16-10-6-2-1-5-9-15-11;3-1-2(4)5/h1-10H2;1,3H2,(H,4,5). The molecule has 3 N–H and O–H groups in total. The Morgan fingerprint density at radius 2 is 1.29 bits per heavy atom. The van der Waals surface area contributed by atoms with Gasteiger partial charge in [-0.05, 0) is 38.5 Å². The van der Waals surface area contributed by atoms with Crippen LogP contribution in [-0.2, 0) is 23.9 Å². The summed E-state index contributed by atoms with van der Waals surface area (Å²) in [6.45, 7) is 0.775. The zero-order valence-corrected chi connectivity index (χ0v) is 12.3. The van der Waals surface area contributed by atoms with E-state index in [0.717, 1.165) is 25.7 Å². The number of carboxylic acids is 1. The highest BCUT2D eigenvalue weighted by atomic mass is 16.5. The van der Waals surface area contributed by atoms with Crippen LogP contribution in [-0.4, -0.2) is 42.8 Å². The highest BCUT2D eigenvalue weighted by Gasteiger charge is 2.07. The summed E-state index contributed by atoms with van der Waals surface area (Å²) in [6.07, 6.45) is 6.07. The Labute approximate surface area is 124 Å². The minimum atomic E-state index is -0.968. The van der Waals surface area contributed by atoms with Gasteiger partial charge in [0.15, 0.2) is 0 Å². The number of rotatable bonds is 1. The fourth-order valence-corrected chi connectivity index (χ4v) is 1.61. The molecule has 122 valence electrons. The quantitative estimate of drug-likeness (QED) is 0.700. The Morgan fingerprint density at radius 1 is 0.905 bits per heavy atom.